The second kappa shape index (κ2) is 8.54. The van der Waals surface area contributed by atoms with Crippen molar-refractivity contribution in [3.8, 4) is 22.5 Å². The third-order valence-corrected chi connectivity index (χ3v) is 5.07. The van der Waals surface area contributed by atoms with Crippen molar-refractivity contribution in [3.05, 3.63) is 77.2 Å². The van der Waals surface area contributed by atoms with Crippen molar-refractivity contribution < 1.29 is 22.5 Å². The van der Waals surface area contributed by atoms with Gasteiger partial charge in [-0.15, -0.1) is 0 Å². The quantitative estimate of drug-likeness (QED) is 0.329. The molecule has 0 saturated heterocycles. The number of hydrogen-bond donors (Lipinski definition) is 0. The van der Waals surface area contributed by atoms with E-state index in [0.29, 0.717) is 17.0 Å². The number of para-hydroxylation sites is 1. The van der Waals surface area contributed by atoms with E-state index in [1.807, 2.05) is 6.07 Å². The van der Waals surface area contributed by atoms with Gasteiger partial charge >= 0.3 is 6.18 Å². The van der Waals surface area contributed by atoms with Crippen LogP contribution < -0.4 is 4.90 Å². The van der Waals surface area contributed by atoms with Crippen molar-refractivity contribution in [1.82, 2.24) is 15.1 Å². The Hall–Kier alpha value is -3.53. The Kier molecular flexibility index (Phi) is 5.79. The molecule has 0 aliphatic rings. The van der Waals surface area contributed by atoms with Gasteiger partial charge in [0.25, 0.3) is 0 Å². The van der Waals surface area contributed by atoms with E-state index in [-0.39, 0.29) is 17.1 Å². The Morgan fingerprint density at radius 1 is 1.09 bits per heavy atom. The number of nitrogens with zero attached hydrogens (tertiary/aromatic N) is 4. The van der Waals surface area contributed by atoms with Crippen molar-refractivity contribution in [2.75, 3.05) is 4.90 Å². The van der Waals surface area contributed by atoms with Crippen LogP contribution >= 0.6 is 15.9 Å². The predicted molar refractivity (Wildman–Crippen MR) is 115 cm³/mol. The van der Waals surface area contributed by atoms with Gasteiger partial charge in [-0.1, -0.05) is 45.4 Å². The lowest BCUT2D eigenvalue weighted by Crippen LogP contribution is -2.26. The van der Waals surface area contributed by atoms with Gasteiger partial charge in [0.05, 0.1) is 22.5 Å². The van der Waals surface area contributed by atoms with E-state index < -0.39 is 17.6 Å². The monoisotopic (exact) mass is 502 g/mol. The van der Waals surface area contributed by atoms with Gasteiger partial charge in [0.1, 0.15) is 12.0 Å². The Labute approximate surface area is 188 Å². The average molecular weight is 503 g/mol. The molecule has 0 bridgehead atoms. The summed E-state index contributed by atoms with van der Waals surface area (Å²) in [7, 11) is 0. The average Bonchev–Trinajstić information content (AvgIpc) is 3.18. The zero-order chi connectivity index (χ0) is 22.9. The van der Waals surface area contributed by atoms with E-state index >= 15 is 0 Å². The highest BCUT2D eigenvalue weighted by atomic mass is 79.9. The number of alkyl halides is 3. The van der Waals surface area contributed by atoms with Gasteiger partial charge in [0, 0.05) is 23.2 Å². The summed E-state index contributed by atoms with van der Waals surface area (Å²) in [4.78, 5) is 21.6. The SMILES string of the molecule is CC(=O)N(c1ccccc1C(F)(F)F)c1onc(-c2cccc(Br)c2)c1-c1ccncn1. The summed E-state index contributed by atoms with van der Waals surface area (Å²) in [5, 5.41) is 4.09. The number of rotatable bonds is 4. The van der Waals surface area contributed by atoms with Crippen molar-refractivity contribution in [2.45, 2.75) is 13.1 Å². The maximum absolute atomic E-state index is 13.7. The summed E-state index contributed by atoms with van der Waals surface area (Å²) >= 11 is 3.39. The molecule has 4 aromatic rings. The second-order valence-corrected chi connectivity index (χ2v) is 7.60. The van der Waals surface area contributed by atoms with E-state index in [1.165, 1.54) is 30.7 Å². The van der Waals surface area contributed by atoms with Crippen LogP contribution in [0.3, 0.4) is 0 Å². The van der Waals surface area contributed by atoms with Crippen LogP contribution in [0.1, 0.15) is 12.5 Å². The number of benzene rings is 2. The van der Waals surface area contributed by atoms with E-state index in [4.69, 9.17) is 4.52 Å². The highest BCUT2D eigenvalue weighted by Gasteiger charge is 2.38. The molecule has 0 spiro atoms. The van der Waals surface area contributed by atoms with Crippen LogP contribution in [0.2, 0.25) is 0 Å². The molecule has 0 aliphatic heterocycles. The van der Waals surface area contributed by atoms with E-state index in [2.05, 4.69) is 31.1 Å². The normalized spacial score (nSPS) is 11.4. The topological polar surface area (TPSA) is 72.1 Å². The zero-order valence-corrected chi connectivity index (χ0v) is 18.1. The van der Waals surface area contributed by atoms with Gasteiger partial charge in [0.15, 0.2) is 0 Å². The summed E-state index contributed by atoms with van der Waals surface area (Å²) in [5.41, 5.74) is 0.176. The van der Waals surface area contributed by atoms with Crippen molar-refractivity contribution >= 4 is 33.4 Å². The van der Waals surface area contributed by atoms with Crippen LogP contribution in [0, 0.1) is 0 Å². The summed E-state index contributed by atoms with van der Waals surface area (Å²) in [6.07, 6.45) is -1.92. The van der Waals surface area contributed by atoms with E-state index in [1.54, 1.807) is 24.3 Å². The van der Waals surface area contributed by atoms with Crippen LogP contribution in [-0.2, 0) is 11.0 Å². The molecule has 1 amide bonds. The second-order valence-electron chi connectivity index (χ2n) is 6.69. The first-order chi connectivity index (χ1) is 15.3. The van der Waals surface area contributed by atoms with Crippen molar-refractivity contribution in [3.63, 3.8) is 0 Å². The first-order valence-electron chi connectivity index (χ1n) is 9.26. The fourth-order valence-electron chi connectivity index (χ4n) is 3.27. The summed E-state index contributed by atoms with van der Waals surface area (Å²) in [6, 6.07) is 13.5. The van der Waals surface area contributed by atoms with Crippen molar-refractivity contribution in [1.29, 1.82) is 0 Å². The zero-order valence-electron chi connectivity index (χ0n) is 16.5. The van der Waals surface area contributed by atoms with Gasteiger partial charge in [-0.05, 0) is 30.3 Å². The summed E-state index contributed by atoms with van der Waals surface area (Å²) < 4.78 is 47.4. The van der Waals surface area contributed by atoms with Gasteiger partial charge in [-0.3, -0.25) is 4.79 Å². The maximum atomic E-state index is 13.7. The van der Waals surface area contributed by atoms with Crippen molar-refractivity contribution in [2.24, 2.45) is 0 Å². The van der Waals surface area contributed by atoms with Crippen LogP contribution in [0.25, 0.3) is 22.5 Å². The molecule has 2 aromatic heterocycles. The maximum Gasteiger partial charge on any atom is 0.418 e. The molecule has 4 rings (SSSR count). The van der Waals surface area contributed by atoms with Gasteiger partial charge in [-0.2, -0.15) is 13.2 Å². The largest absolute Gasteiger partial charge is 0.418 e. The molecule has 0 radical (unpaired) electrons. The van der Waals surface area contributed by atoms with Gasteiger partial charge in [-0.25, -0.2) is 14.9 Å². The smallest absolute Gasteiger partial charge is 0.336 e. The van der Waals surface area contributed by atoms with Crippen LogP contribution in [0.15, 0.2) is 76.1 Å². The molecule has 6 nitrogen and oxygen atoms in total. The lowest BCUT2D eigenvalue weighted by molar-refractivity contribution is -0.137. The molecule has 0 unspecified atom stereocenters. The Balaban J connectivity index is 2.00. The summed E-state index contributed by atoms with van der Waals surface area (Å²) in [5.74, 6) is -0.864. The molecular formula is C22H14BrF3N4O2. The van der Waals surface area contributed by atoms with Crippen LogP contribution in [-0.4, -0.2) is 21.0 Å². The molecule has 2 aromatic carbocycles. The standard InChI is InChI=1S/C22H14BrF3N4O2/c1-13(31)30(18-8-3-2-7-16(18)22(24,25)26)21-19(17-9-10-27-12-28-17)20(29-32-21)14-5-4-6-15(23)11-14/h2-12H,1H3. The first kappa shape index (κ1) is 21.7. The highest BCUT2D eigenvalue weighted by Crippen LogP contribution is 2.45. The molecule has 0 atom stereocenters. The lowest BCUT2D eigenvalue weighted by Gasteiger charge is -2.23. The number of amides is 1. The predicted octanol–water partition coefficient (Wildman–Crippen LogP) is 6.26. The number of halogens is 4. The first-order valence-corrected chi connectivity index (χ1v) is 10.1. The molecule has 0 saturated carbocycles. The highest BCUT2D eigenvalue weighted by molar-refractivity contribution is 9.10. The number of carbonyl (C=O) groups excluding carboxylic acids is 1. The van der Waals surface area contributed by atoms with Gasteiger partial charge in [0.2, 0.25) is 11.8 Å². The van der Waals surface area contributed by atoms with E-state index in [0.717, 1.165) is 22.4 Å². The molecule has 162 valence electrons. The number of carbonyl (C=O) groups is 1. The number of anilines is 2. The van der Waals surface area contributed by atoms with E-state index in [9.17, 15) is 18.0 Å². The Bertz CT molecular complexity index is 1280. The molecular weight excluding hydrogens is 489 g/mol. The molecule has 0 fully saturated rings. The number of aromatic nitrogens is 3. The third-order valence-electron chi connectivity index (χ3n) is 4.58. The van der Waals surface area contributed by atoms with Gasteiger partial charge < -0.3 is 4.52 Å². The van der Waals surface area contributed by atoms with Crippen LogP contribution in [0.4, 0.5) is 24.7 Å². The minimum absolute atomic E-state index is 0.178. The fraction of sp³-hybridized carbons (Fsp3) is 0.0909. The molecule has 2 heterocycles. The Morgan fingerprint density at radius 2 is 1.88 bits per heavy atom. The fourth-order valence-corrected chi connectivity index (χ4v) is 3.67. The molecule has 0 N–H and O–H groups in total. The summed E-state index contributed by atoms with van der Waals surface area (Å²) in [6.45, 7) is 1.15. The van der Waals surface area contributed by atoms with Crippen LogP contribution in [0.5, 0.6) is 0 Å². The minimum Gasteiger partial charge on any atom is -0.336 e. The minimum atomic E-state index is -4.69. The molecule has 10 heteroatoms. The lowest BCUT2D eigenvalue weighted by atomic mass is 10.0. The third kappa shape index (κ3) is 4.13. The molecule has 0 aliphatic carbocycles. The Morgan fingerprint density at radius 3 is 2.53 bits per heavy atom. The number of hydrogen-bond acceptors (Lipinski definition) is 5. The molecule has 32 heavy (non-hydrogen) atoms.